The van der Waals surface area contributed by atoms with Crippen LogP contribution in [0.4, 0.5) is 0 Å². The molecule has 0 radical (unpaired) electrons. The molecule has 3 heterocycles. The van der Waals surface area contributed by atoms with Gasteiger partial charge in [0.05, 0.1) is 25.4 Å². The lowest BCUT2D eigenvalue weighted by molar-refractivity contribution is -0.0804. The molecule has 2 aliphatic heterocycles. The van der Waals surface area contributed by atoms with Gasteiger partial charge < -0.3 is 9.47 Å². The maximum atomic E-state index is 13.3. The van der Waals surface area contributed by atoms with Crippen molar-refractivity contribution in [1.29, 1.82) is 0 Å². The quantitative estimate of drug-likeness (QED) is 0.762. The van der Waals surface area contributed by atoms with Gasteiger partial charge in [0.25, 0.3) is 5.91 Å². The molecule has 1 saturated heterocycles. The van der Waals surface area contributed by atoms with Gasteiger partial charge in [-0.2, -0.15) is 4.68 Å². The van der Waals surface area contributed by atoms with Crippen LogP contribution in [-0.2, 0) is 11.2 Å². The summed E-state index contributed by atoms with van der Waals surface area (Å²) >= 11 is 1.51. The monoisotopic (exact) mass is 402 g/mol. The maximum absolute atomic E-state index is 13.3. The molecule has 1 aromatic carbocycles. The zero-order valence-corrected chi connectivity index (χ0v) is 17.5. The summed E-state index contributed by atoms with van der Waals surface area (Å²) in [6.45, 7) is 7.69. The summed E-state index contributed by atoms with van der Waals surface area (Å²) in [5.74, 6) is 1.49. The molecule has 0 aliphatic carbocycles. The largest absolute Gasteiger partial charge is 0.497 e. The molecule has 0 amide bonds. The van der Waals surface area contributed by atoms with Crippen LogP contribution < -0.4 is 4.74 Å². The highest BCUT2D eigenvalue weighted by molar-refractivity contribution is 8.00. The van der Waals surface area contributed by atoms with E-state index in [1.165, 1.54) is 16.4 Å². The first-order valence-corrected chi connectivity index (χ1v) is 10.6. The number of hydrogen-bond donors (Lipinski definition) is 0. The number of carbonyl (C=O) groups excluding carboxylic acids is 1. The third-order valence-electron chi connectivity index (χ3n) is 5.19. The number of benzene rings is 1. The number of ether oxygens (including phenoxy) is 2. The van der Waals surface area contributed by atoms with Gasteiger partial charge in [-0.3, -0.25) is 9.69 Å². The summed E-state index contributed by atoms with van der Waals surface area (Å²) in [4.78, 5) is 20.1. The Morgan fingerprint density at radius 1 is 1.32 bits per heavy atom. The topological polar surface area (TPSA) is 69.5 Å². The first-order valence-electron chi connectivity index (χ1n) is 9.70. The van der Waals surface area contributed by atoms with Crippen LogP contribution in [0, 0.1) is 0 Å². The molecular formula is C20H26N4O3S. The molecule has 0 N–H and O–H groups in total. The summed E-state index contributed by atoms with van der Waals surface area (Å²) < 4.78 is 12.8. The Bertz CT molecular complexity index is 861. The van der Waals surface area contributed by atoms with E-state index in [0.717, 1.165) is 30.8 Å². The number of rotatable bonds is 5. The number of fused-ring (bicyclic) bond motifs is 1. The van der Waals surface area contributed by atoms with Gasteiger partial charge in [-0.15, -0.1) is 5.10 Å². The second-order valence-corrected chi connectivity index (χ2v) is 8.49. The van der Waals surface area contributed by atoms with Gasteiger partial charge in [0, 0.05) is 19.5 Å². The fourth-order valence-electron chi connectivity index (χ4n) is 4.04. The molecule has 2 aliphatic rings. The SMILES string of the molecule is CCc1nc2n(n1)C(=O)C(C(c1cccc(OC)c1)N1CC(C)OC(C)C1)S2. The van der Waals surface area contributed by atoms with Crippen LogP contribution in [0.15, 0.2) is 29.4 Å². The van der Waals surface area contributed by atoms with E-state index in [1.54, 1.807) is 7.11 Å². The van der Waals surface area contributed by atoms with E-state index in [-0.39, 0.29) is 29.4 Å². The Balaban J connectivity index is 1.71. The van der Waals surface area contributed by atoms with Crippen molar-refractivity contribution in [3.05, 3.63) is 35.7 Å². The molecule has 0 spiro atoms. The van der Waals surface area contributed by atoms with E-state index >= 15 is 0 Å². The van der Waals surface area contributed by atoms with Crippen molar-refractivity contribution in [3.63, 3.8) is 0 Å². The number of carbonyl (C=O) groups is 1. The van der Waals surface area contributed by atoms with Crippen LogP contribution in [0.2, 0.25) is 0 Å². The summed E-state index contributed by atoms with van der Waals surface area (Å²) in [5, 5.41) is 4.78. The molecule has 0 bridgehead atoms. The molecule has 8 heteroatoms. The van der Waals surface area contributed by atoms with Crippen molar-refractivity contribution in [2.75, 3.05) is 20.2 Å². The van der Waals surface area contributed by atoms with Crippen molar-refractivity contribution in [1.82, 2.24) is 19.7 Å². The minimum Gasteiger partial charge on any atom is -0.497 e. The van der Waals surface area contributed by atoms with E-state index in [2.05, 4.69) is 34.9 Å². The molecular weight excluding hydrogens is 376 g/mol. The lowest BCUT2D eigenvalue weighted by Crippen LogP contribution is -2.50. The second-order valence-electron chi connectivity index (χ2n) is 7.39. The summed E-state index contributed by atoms with van der Waals surface area (Å²) in [6.07, 6.45) is 0.941. The van der Waals surface area contributed by atoms with Gasteiger partial charge in [-0.05, 0) is 31.5 Å². The Kier molecular flexibility index (Phi) is 5.44. The fourth-order valence-corrected chi connectivity index (χ4v) is 5.31. The predicted octanol–water partition coefficient (Wildman–Crippen LogP) is 2.81. The minimum atomic E-state index is -0.300. The molecule has 2 aromatic rings. The zero-order chi connectivity index (χ0) is 19.8. The van der Waals surface area contributed by atoms with Crippen molar-refractivity contribution in [2.45, 2.75) is 55.8 Å². The third-order valence-corrected chi connectivity index (χ3v) is 6.37. The smallest absolute Gasteiger partial charge is 0.264 e. The van der Waals surface area contributed by atoms with Gasteiger partial charge in [0.2, 0.25) is 0 Å². The number of morpholine rings is 1. The van der Waals surface area contributed by atoms with Gasteiger partial charge in [-0.1, -0.05) is 30.8 Å². The normalized spacial score (nSPS) is 26.3. The van der Waals surface area contributed by atoms with Crippen LogP contribution in [0.5, 0.6) is 5.75 Å². The molecule has 1 fully saturated rings. The molecule has 1 aromatic heterocycles. The summed E-state index contributed by atoms with van der Waals surface area (Å²) in [6, 6.07) is 7.89. The molecule has 28 heavy (non-hydrogen) atoms. The number of hydrogen-bond acceptors (Lipinski definition) is 7. The van der Waals surface area contributed by atoms with Gasteiger partial charge in [0.15, 0.2) is 11.0 Å². The number of thioether (sulfide) groups is 1. The second kappa shape index (κ2) is 7.85. The van der Waals surface area contributed by atoms with Crippen LogP contribution >= 0.6 is 11.8 Å². The number of nitrogens with zero attached hydrogens (tertiary/aromatic N) is 4. The predicted molar refractivity (Wildman–Crippen MR) is 107 cm³/mol. The van der Waals surface area contributed by atoms with E-state index in [4.69, 9.17) is 9.47 Å². The van der Waals surface area contributed by atoms with E-state index < -0.39 is 0 Å². The highest BCUT2D eigenvalue weighted by Crippen LogP contribution is 2.42. The molecule has 4 unspecified atom stereocenters. The number of aromatic nitrogens is 3. The lowest BCUT2D eigenvalue weighted by atomic mass is 9.99. The van der Waals surface area contributed by atoms with E-state index in [1.807, 2.05) is 25.1 Å². The van der Waals surface area contributed by atoms with Crippen LogP contribution in [0.3, 0.4) is 0 Å². The molecule has 0 saturated carbocycles. The summed E-state index contributed by atoms with van der Waals surface area (Å²) in [5.41, 5.74) is 1.06. The number of aryl methyl sites for hydroxylation is 1. The Hall–Kier alpha value is -1.90. The number of methoxy groups -OCH3 is 1. The van der Waals surface area contributed by atoms with E-state index in [0.29, 0.717) is 11.0 Å². The van der Waals surface area contributed by atoms with Gasteiger partial charge in [-0.25, -0.2) is 4.98 Å². The fraction of sp³-hybridized carbons (Fsp3) is 0.550. The van der Waals surface area contributed by atoms with Crippen molar-refractivity contribution >= 4 is 17.7 Å². The third kappa shape index (κ3) is 3.56. The average Bonchev–Trinajstić information content (AvgIpc) is 3.21. The first kappa shape index (κ1) is 19.4. The van der Waals surface area contributed by atoms with E-state index in [9.17, 15) is 4.79 Å². The maximum Gasteiger partial charge on any atom is 0.264 e. The Labute approximate surface area is 169 Å². The first-order chi connectivity index (χ1) is 13.5. The van der Waals surface area contributed by atoms with Crippen LogP contribution in [0.1, 0.15) is 43.0 Å². The highest BCUT2D eigenvalue weighted by atomic mass is 32.2. The molecule has 4 atom stereocenters. The van der Waals surface area contributed by atoms with Crippen molar-refractivity contribution < 1.29 is 14.3 Å². The van der Waals surface area contributed by atoms with Crippen LogP contribution in [-0.4, -0.2) is 63.2 Å². The summed E-state index contributed by atoms with van der Waals surface area (Å²) in [7, 11) is 1.66. The van der Waals surface area contributed by atoms with Crippen LogP contribution in [0.25, 0.3) is 0 Å². The molecule has 4 rings (SSSR count). The Morgan fingerprint density at radius 2 is 2.07 bits per heavy atom. The van der Waals surface area contributed by atoms with Crippen molar-refractivity contribution in [3.8, 4) is 5.75 Å². The zero-order valence-electron chi connectivity index (χ0n) is 16.7. The Morgan fingerprint density at radius 3 is 2.71 bits per heavy atom. The molecule has 7 nitrogen and oxygen atoms in total. The van der Waals surface area contributed by atoms with Crippen molar-refractivity contribution in [2.24, 2.45) is 0 Å². The minimum absolute atomic E-state index is 0.00758. The lowest BCUT2D eigenvalue weighted by Gasteiger charge is -2.41. The standard InChI is InChI=1S/C20H26N4O3S/c1-5-16-21-20-24(22-16)19(25)18(28-20)17(14-7-6-8-15(9-14)26-4)23-10-12(2)27-13(3)11-23/h6-9,12-13,17-18H,5,10-11H2,1-4H3. The van der Waals surface area contributed by atoms with Gasteiger partial charge >= 0.3 is 0 Å². The molecule has 150 valence electrons. The van der Waals surface area contributed by atoms with Gasteiger partial charge in [0.1, 0.15) is 11.0 Å². The highest BCUT2D eigenvalue weighted by Gasteiger charge is 2.44. The average molecular weight is 403 g/mol.